The molecule has 2 aromatic rings. The van der Waals surface area contributed by atoms with Crippen molar-refractivity contribution in [2.75, 3.05) is 17.7 Å². The predicted molar refractivity (Wildman–Crippen MR) is 68.6 cm³/mol. The lowest BCUT2D eigenvalue weighted by Crippen LogP contribution is -2.18. The van der Waals surface area contributed by atoms with Crippen molar-refractivity contribution in [3.63, 3.8) is 0 Å². The molecule has 0 radical (unpaired) electrons. The number of nitrogen functional groups attached to an aromatic ring is 1. The van der Waals surface area contributed by atoms with Gasteiger partial charge in [0.15, 0.2) is 0 Å². The third-order valence-electron chi connectivity index (χ3n) is 2.73. The van der Waals surface area contributed by atoms with Gasteiger partial charge in [-0.15, -0.1) is 0 Å². The molecule has 0 atom stereocenters. The van der Waals surface area contributed by atoms with Gasteiger partial charge in [-0.1, -0.05) is 0 Å². The van der Waals surface area contributed by atoms with Crippen LogP contribution >= 0.6 is 0 Å². The average molecular weight is 264 g/mol. The smallest absolute Gasteiger partial charge is 0.338 e. The van der Waals surface area contributed by atoms with Gasteiger partial charge >= 0.3 is 5.97 Å². The molecule has 2 rings (SSSR count). The SMILES string of the molecule is CN(Cc1ccco1)c1cc(F)c(C(=O)O)cc1N. The molecule has 1 heterocycles. The maximum Gasteiger partial charge on any atom is 0.338 e. The normalized spacial score (nSPS) is 10.4. The van der Waals surface area contributed by atoms with Crippen molar-refractivity contribution < 1.29 is 18.7 Å². The van der Waals surface area contributed by atoms with E-state index in [0.29, 0.717) is 18.0 Å². The van der Waals surface area contributed by atoms with E-state index in [9.17, 15) is 9.18 Å². The summed E-state index contributed by atoms with van der Waals surface area (Å²) in [7, 11) is 1.72. The lowest BCUT2D eigenvalue weighted by molar-refractivity contribution is 0.0692. The highest BCUT2D eigenvalue weighted by molar-refractivity contribution is 5.90. The monoisotopic (exact) mass is 264 g/mol. The van der Waals surface area contributed by atoms with Crippen LogP contribution in [0.5, 0.6) is 0 Å². The zero-order valence-corrected chi connectivity index (χ0v) is 10.3. The van der Waals surface area contributed by atoms with E-state index >= 15 is 0 Å². The molecular weight excluding hydrogens is 251 g/mol. The lowest BCUT2D eigenvalue weighted by Gasteiger charge is -2.20. The summed E-state index contributed by atoms with van der Waals surface area (Å²) in [4.78, 5) is 12.5. The van der Waals surface area contributed by atoms with Crippen LogP contribution in [-0.2, 0) is 6.54 Å². The first-order chi connectivity index (χ1) is 8.99. The molecule has 100 valence electrons. The van der Waals surface area contributed by atoms with Crippen LogP contribution in [0.2, 0.25) is 0 Å². The van der Waals surface area contributed by atoms with Crippen LogP contribution in [0.4, 0.5) is 15.8 Å². The molecule has 0 saturated carbocycles. The van der Waals surface area contributed by atoms with E-state index in [-0.39, 0.29) is 5.69 Å². The van der Waals surface area contributed by atoms with Gasteiger partial charge in [-0.25, -0.2) is 9.18 Å². The van der Waals surface area contributed by atoms with Gasteiger partial charge in [0, 0.05) is 13.1 Å². The molecule has 5 nitrogen and oxygen atoms in total. The number of carbonyl (C=O) groups is 1. The molecule has 0 aliphatic heterocycles. The highest BCUT2D eigenvalue weighted by Gasteiger charge is 2.16. The van der Waals surface area contributed by atoms with Crippen molar-refractivity contribution in [1.29, 1.82) is 0 Å². The Bertz CT molecular complexity index is 596. The minimum Gasteiger partial charge on any atom is -0.478 e. The average Bonchev–Trinajstić information content (AvgIpc) is 2.83. The molecule has 3 N–H and O–H groups in total. The van der Waals surface area contributed by atoms with Crippen LogP contribution in [0.25, 0.3) is 0 Å². The Morgan fingerprint density at radius 2 is 2.26 bits per heavy atom. The molecule has 0 amide bonds. The quantitative estimate of drug-likeness (QED) is 0.828. The second-order valence-electron chi connectivity index (χ2n) is 4.13. The van der Waals surface area contributed by atoms with Crippen LogP contribution in [0.15, 0.2) is 34.9 Å². The van der Waals surface area contributed by atoms with E-state index in [1.54, 1.807) is 30.3 Å². The molecule has 0 aliphatic carbocycles. The van der Waals surface area contributed by atoms with Crippen LogP contribution in [0, 0.1) is 5.82 Å². The summed E-state index contributed by atoms with van der Waals surface area (Å²) in [6.07, 6.45) is 1.54. The molecule has 0 spiro atoms. The number of nitrogens with zero attached hydrogens (tertiary/aromatic N) is 1. The number of hydrogen-bond donors (Lipinski definition) is 2. The van der Waals surface area contributed by atoms with E-state index in [1.807, 2.05) is 0 Å². The highest BCUT2D eigenvalue weighted by atomic mass is 19.1. The first-order valence-corrected chi connectivity index (χ1v) is 5.55. The fraction of sp³-hybridized carbons (Fsp3) is 0.154. The molecular formula is C13H13FN2O3. The van der Waals surface area contributed by atoms with Crippen molar-refractivity contribution in [2.24, 2.45) is 0 Å². The van der Waals surface area contributed by atoms with Crippen LogP contribution < -0.4 is 10.6 Å². The van der Waals surface area contributed by atoms with Crippen molar-refractivity contribution in [3.8, 4) is 0 Å². The second-order valence-corrected chi connectivity index (χ2v) is 4.13. The number of carboxylic acid groups (broad SMARTS) is 1. The van der Waals surface area contributed by atoms with E-state index in [1.165, 1.54) is 0 Å². The van der Waals surface area contributed by atoms with Gasteiger partial charge in [0.25, 0.3) is 0 Å². The number of rotatable bonds is 4. The summed E-state index contributed by atoms with van der Waals surface area (Å²) in [6.45, 7) is 0.406. The summed E-state index contributed by atoms with van der Waals surface area (Å²) >= 11 is 0. The Labute approximate surface area is 109 Å². The van der Waals surface area contributed by atoms with Gasteiger partial charge in [0.1, 0.15) is 11.6 Å². The summed E-state index contributed by atoms with van der Waals surface area (Å²) in [5.41, 5.74) is 5.94. The van der Waals surface area contributed by atoms with E-state index in [2.05, 4.69) is 0 Å². The number of anilines is 2. The summed E-state index contributed by atoms with van der Waals surface area (Å²) < 4.78 is 18.8. The molecule has 0 saturated heterocycles. The van der Waals surface area contributed by atoms with Gasteiger partial charge in [0.2, 0.25) is 0 Å². The number of hydrogen-bond acceptors (Lipinski definition) is 4. The zero-order valence-electron chi connectivity index (χ0n) is 10.3. The zero-order chi connectivity index (χ0) is 14.0. The third kappa shape index (κ3) is 2.67. The number of nitrogens with two attached hydrogens (primary N) is 1. The second kappa shape index (κ2) is 5.01. The van der Waals surface area contributed by atoms with Crippen molar-refractivity contribution in [3.05, 3.63) is 47.7 Å². The molecule has 0 aliphatic rings. The predicted octanol–water partition coefficient (Wildman–Crippen LogP) is 2.34. The summed E-state index contributed by atoms with van der Waals surface area (Å²) in [6, 6.07) is 5.77. The fourth-order valence-electron chi connectivity index (χ4n) is 1.80. The fourth-order valence-corrected chi connectivity index (χ4v) is 1.80. The minimum absolute atomic E-state index is 0.202. The molecule has 0 fully saturated rings. The molecule has 1 aromatic carbocycles. The van der Waals surface area contributed by atoms with Crippen molar-refractivity contribution >= 4 is 17.3 Å². The molecule has 6 heteroatoms. The number of halogens is 1. The van der Waals surface area contributed by atoms with Crippen molar-refractivity contribution in [1.82, 2.24) is 0 Å². The number of aromatic carboxylic acids is 1. The summed E-state index contributed by atoms with van der Waals surface area (Å²) in [5.74, 6) is -1.46. The van der Waals surface area contributed by atoms with Gasteiger partial charge in [-0.3, -0.25) is 0 Å². The molecule has 0 unspecified atom stereocenters. The number of carboxylic acids is 1. The van der Waals surface area contributed by atoms with Gasteiger partial charge < -0.3 is 20.2 Å². The number of furan rings is 1. The Balaban J connectivity index is 2.29. The lowest BCUT2D eigenvalue weighted by atomic mass is 10.1. The maximum atomic E-state index is 13.6. The first kappa shape index (κ1) is 12.9. The first-order valence-electron chi connectivity index (χ1n) is 5.55. The van der Waals surface area contributed by atoms with Crippen molar-refractivity contribution in [2.45, 2.75) is 6.54 Å². The van der Waals surface area contributed by atoms with E-state index < -0.39 is 17.3 Å². The third-order valence-corrected chi connectivity index (χ3v) is 2.73. The van der Waals surface area contributed by atoms with Crippen LogP contribution in [0.3, 0.4) is 0 Å². The minimum atomic E-state index is -1.34. The topological polar surface area (TPSA) is 79.7 Å². The Hall–Kier alpha value is -2.50. The van der Waals surface area contributed by atoms with E-state index in [4.69, 9.17) is 15.3 Å². The largest absolute Gasteiger partial charge is 0.478 e. The van der Waals surface area contributed by atoms with Gasteiger partial charge in [-0.05, 0) is 18.2 Å². The molecule has 1 aromatic heterocycles. The molecule has 19 heavy (non-hydrogen) atoms. The van der Waals surface area contributed by atoms with Gasteiger partial charge in [0.05, 0.1) is 29.7 Å². The summed E-state index contributed by atoms with van der Waals surface area (Å²) in [5, 5.41) is 8.80. The standard InChI is InChI=1S/C13H13FN2O3/c1-16(7-8-3-2-4-19-8)12-6-10(14)9(13(17)18)5-11(12)15/h2-6H,7,15H2,1H3,(H,17,18). The maximum absolute atomic E-state index is 13.6. The Kier molecular flexibility index (Phi) is 3.41. The van der Waals surface area contributed by atoms with Crippen LogP contribution in [0.1, 0.15) is 16.1 Å². The van der Waals surface area contributed by atoms with Gasteiger partial charge in [-0.2, -0.15) is 0 Å². The Morgan fingerprint density at radius 1 is 1.53 bits per heavy atom. The highest BCUT2D eigenvalue weighted by Crippen LogP contribution is 2.27. The molecule has 0 bridgehead atoms. The van der Waals surface area contributed by atoms with Crippen LogP contribution in [-0.4, -0.2) is 18.1 Å². The van der Waals surface area contributed by atoms with E-state index in [0.717, 1.165) is 12.1 Å². The Morgan fingerprint density at radius 3 is 2.84 bits per heavy atom. The number of benzene rings is 1.